The molecule has 100 valence electrons. The lowest BCUT2D eigenvalue weighted by molar-refractivity contribution is 0.401. The van der Waals surface area contributed by atoms with Crippen LogP contribution in [0.3, 0.4) is 0 Å². The third-order valence-corrected chi connectivity index (χ3v) is 6.43. The van der Waals surface area contributed by atoms with Crippen molar-refractivity contribution in [2.75, 3.05) is 13.7 Å². The first-order valence-electron chi connectivity index (χ1n) is 5.98. The van der Waals surface area contributed by atoms with Crippen LogP contribution in [0.2, 0.25) is 0 Å². The van der Waals surface area contributed by atoms with Crippen molar-refractivity contribution >= 4 is 9.84 Å². The smallest absolute Gasteiger partial charge is 0.188 e. The van der Waals surface area contributed by atoms with E-state index in [4.69, 9.17) is 10.5 Å². The molecule has 1 aliphatic rings. The molecule has 0 atom stereocenters. The molecule has 0 saturated heterocycles. The van der Waals surface area contributed by atoms with Crippen LogP contribution < -0.4 is 10.5 Å². The Labute approximate surface area is 108 Å². The third-order valence-electron chi connectivity index (χ3n) is 3.82. The van der Waals surface area contributed by atoms with Gasteiger partial charge >= 0.3 is 0 Å². The Morgan fingerprint density at radius 3 is 2.28 bits per heavy atom. The van der Waals surface area contributed by atoms with Gasteiger partial charge in [-0.15, -0.1) is 0 Å². The number of benzene rings is 1. The van der Waals surface area contributed by atoms with Crippen LogP contribution >= 0.6 is 0 Å². The Balaban J connectivity index is 2.61. The van der Waals surface area contributed by atoms with E-state index in [0.717, 1.165) is 11.1 Å². The molecule has 1 aliphatic carbocycles. The second-order valence-electron chi connectivity index (χ2n) is 4.98. The molecular formula is C13H19NO3S. The minimum absolute atomic E-state index is 0.172. The van der Waals surface area contributed by atoms with Gasteiger partial charge in [-0.3, -0.25) is 0 Å². The van der Waals surface area contributed by atoms with E-state index < -0.39 is 14.6 Å². The summed E-state index contributed by atoms with van der Waals surface area (Å²) in [7, 11) is -1.92. The molecule has 2 rings (SSSR count). The van der Waals surface area contributed by atoms with E-state index in [0.29, 0.717) is 18.6 Å². The van der Waals surface area contributed by atoms with Crippen LogP contribution in [-0.4, -0.2) is 26.8 Å². The average molecular weight is 269 g/mol. The zero-order valence-electron chi connectivity index (χ0n) is 11.0. The van der Waals surface area contributed by atoms with Gasteiger partial charge in [0, 0.05) is 6.54 Å². The first-order chi connectivity index (χ1) is 8.38. The average Bonchev–Trinajstić information content (AvgIpc) is 3.13. The van der Waals surface area contributed by atoms with E-state index in [-0.39, 0.29) is 11.4 Å². The van der Waals surface area contributed by atoms with Crippen molar-refractivity contribution in [3.8, 4) is 5.75 Å². The zero-order chi connectivity index (χ0) is 13.6. The highest BCUT2D eigenvalue weighted by Crippen LogP contribution is 2.48. The fourth-order valence-corrected chi connectivity index (χ4v) is 4.15. The molecule has 1 aromatic rings. The highest BCUT2D eigenvalue weighted by molar-refractivity contribution is 7.93. The first-order valence-corrected chi connectivity index (χ1v) is 7.46. The fourth-order valence-electron chi connectivity index (χ4n) is 2.09. The molecule has 0 aliphatic heterocycles. The second-order valence-corrected chi connectivity index (χ2v) is 7.29. The SMILES string of the molecule is COc1cc(C)c(C)cc1S(=O)(=O)C1(CN)CC1. The van der Waals surface area contributed by atoms with Crippen molar-refractivity contribution in [3.63, 3.8) is 0 Å². The normalized spacial score (nSPS) is 17.6. The lowest BCUT2D eigenvalue weighted by Crippen LogP contribution is -2.32. The molecule has 1 saturated carbocycles. The third kappa shape index (κ3) is 1.82. The number of methoxy groups -OCH3 is 1. The standard InChI is InChI=1S/C13H19NO3S/c1-9-6-11(17-3)12(7-10(9)2)18(15,16)13(8-14)4-5-13/h6-7H,4-5,8,14H2,1-3H3. The summed E-state index contributed by atoms with van der Waals surface area (Å²) in [5, 5.41) is 0. The maximum Gasteiger partial charge on any atom is 0.188 e. The van der Waals surface area contributed by atoms with Gasteiger partial charge in [-0.2, -0.15) is 0 Å². The Morgan fingerprint density at radius 2 is 1.83 bits per heavy atom. The number of rotatable bonds is 4. The quantitative estimate of drug-likeness (QED) is 0.901. The molecule has 0 radical (unpaired) electrons. The molecule has 4 nitrogen and oxygen atoms in total. The summed E-state index contributed by atoms with van der Waals surface area (Å²) in [5.41, 5.74) is 7.60. The van der Waals surface area contributed by atoms with E-state index >= 15 is 0 Å². The lowest BCUT2D eigenvalue weighted by atomic mass is 10.1. The van der Waals surface area contributed by atoms with Crippen LogP contribution in [-0.2, 0) is 9.84 Å². The van der Waals surface area contributed by atoms with Crippen LogP contribution in [0.15, 0.2) is 17.0 Å². The summed E-state index contributed by atoms with van der Waals surface area (Å²) >= 11 is 0. The van der Waals surface area contributed by atoms with E-state index in [2.05, 4.69) is 0 Å². The molecule has 18 heavy (non-hydrogen) atoms. The Morgan fingerprint density at radius 1 is 1.28 bits per heavy atom. The van der Waals surface area contributed by atoms with E-state index in [9.17, 15) is 8.42 Å². The van der Waals surface area contributed by atoms with Gasteiger partial charge in [0.05, 0.1) is 11.9 Å². The summed E-state index contributed by atoms with van der Waals surface area (Å²) in [6.07, 6.45) is 1.28. The summed E-state index contributed by atoms with van der Waals surface area (Å²) in [4.78, 5) is 0.274. The molecule has 0 spiro atoms. The van der Waals surface area contributed by atoms with Crippen molar-refractivity contribution in [2.24, 2.45) is 5.73 Å². The van der Waals surface area contributed by atoms with E-state index in [1.807, 2.05) is 13.8 Å². The number of sulfone groups is 1. The van der Waals surface area contributed by atoms with Crippen LogP contribution in [0.25, 0.3) is 0 Å². The predicted octanol–water partition coefficient (Wildman–Crippen LogP) is 1.58. The van der Waals surface area contributed by atoms with Gasteiger partial charge in [0.25, 0.3) is 0 Å². The molecule has 0 unspecified atom stereocenters. The van der Waals surface area contributed by atoms with E-state index in [1.54, 1.807) is 12.1 Å². The topological polar surface area (TPSA) is 69.4 Å². The van der Waals surface area contributed by atoms with Gasteiger partial charge in [-0.25, -0.2) is 8.42 Å². The van der Waals surface area contributed by atoms with Gasteiger partial charge < -0.3 is 10.5 Å². The summed E-state index contributed by atoms with van der Waals surface area (Å²) in [6.45, 7) is 4.01. The highest BCUT2D eigenvalue weighted by Gasteiger charge is 2.54. The van der Waals surface area contributed by atoms with Crippen molar-refractivity contribution < 1.29 is 13.2 Å². The van der Waals surface area contributed by atoms with Crippen molar-refractivity contribution in [2.45, 2.75) is 36.3 Å². The van der Waals surface area contributed by atoms with Gasteiger partial charge in [0.1, 0.15) is 10.6 Å². The predicted molar refractivity (Wildman–Crippen MR) is 70.7 cm³/mol. The Hall–Kier alpha value is -1.07. The molecule has 1 aromatic carbocycles. The number of aryl methyl sites for hydroxylation is 2. The summed E-state index contributed by atoms with van der Waals surface area (Å²) < 4.78 is 29.7. The summed E-state index contributed by atoms with van der Waals surface area (Å²) in [6, 6.07) is 3.47. The molecule has 0 heterocycles. The van der Waals surface area contributed by atoms with Gasteiger partial charge in [0.15, 0.2) is 9.84 Å². The van der Waals surface area contributed by atoms with Crippen molar-refractivity contribution in [1.29, 1.82) is 0 Å². The van der Waals surface area contributed by atoms with Gasteiger partial charge in [-0.05, 0) is 49.9 Å². The molecule has 0 aromatic heterocycles. The van der Waals surface area contributed by atoms with E-state index in [1.165, 1.54) is 7.11 Å². The number of nitrogens with two attached hydrogens (primary N) is 1. The first kappa shape index (κ1) is 13.4. The number of hydrogen-bond donors (Lipinski definition) is 1. The minimum Gasteiger partial charge on any atom is -0.495 e. The number of ether oxygens (including phenoxy) is 1. The molecule has 0 amide bonds. The summed E-state index contributed by atoms with van der Waals surface area (Å²) in [5.74, 6) is 0.415. The molecule has 1 fully saturated rings. The van der Waals surface area contributed by atoms with Gasteiger partial charge in [-0.1, -0.05) is 0 Å². The highest BCUT2D eigenvalue weighted by atomic mass is 32.2. The van der Waals surface area contributed by atoms with Crippen LogP contribution in [0.5, 0.6) is 5.75 Å². The van der Waals surface area contributed by atoms with Crippen molar-refractivity contribution in [1.82, 2.24) is 0 Å². The second kappa shape index (κ2) is 4.24. The molecule has 5 heteroatoms. The van der Waals surface area contributed by atoms with Crippen LogP contribution in [0.4, 0.5) is 0 Å². The maximum atomic E-state index is 12.6. The molecule has 0 bridgehead atoms. The molecular weight excluding hydrogens is 250 g/mol. The van der Waals surface area contributed by atoms with Gasteiger partial charge in [0.2, 0.25) is 0 Å². The fraction of sp³-hybridized carbons (Fsp3) is 0.538. The maximum absolute atomic E-state index is 12.6. The lowest BCUT2D eigenvalue weighted by Gasteiger charge is -2.17. The zero-order valence-corrected chi connectivity index (χ0v) is 11.8. The molecule has 2 N–H and O–H groups in total. The van der Waals surface area contributed by atoms with Crippen LogP contribution in [0.1, 0.15) is 24.0 Å². The Kier molecular flexibility index (Phi) is 3.15. The van der Waals surface area contributed by atoms with Crippen LogP contribution in [0, 0.1) is 13.8 Å². The van der Waals surface area contributed by atoms with Crippen molar-refractivity contribution in [3.05, 3.63) is 23.3 Å². The Bertz CT molecular complexity index is 574. The monoisotopic (exact) mass is 269 g/mol. The largest absolute Gasteiger partial charge is 0.495 e. The number of hydrogen-bond acceptors (Lipinski definition) is 4. The minimum atomic E-state index is -3.41.